The summed E-state index contributed by atoms with van der Waals surface area (Å²) in [5, 5.41) is 3.50. The zero-order valence-electron chi connectivity index (χ0n) is 11.7. The van der Waals surface area contributed by atoms with Gasteiger partial charge in [-0.3, -0.25) is 4.98 Å². The molecule has 3 heteroatoms. The minimum Gasteiger partial charge on any atom is -0.497 e. The molecule has 19 heavy (non-hydrogen) atoms. The van der Waals surface area contributed by atoms with Gasteiger partial charge < -0.3 is 10.1 Å². The van der Waals surface area contributed by atoms with Crippen molar-refractivity contribution in [2.24, 2.45) is 0 Å². The standard InChI is InChI=1S/C16H20N2O/c1-4-18-16(14-9-12(2)10-17-11-14)13-5-7-15(19-3)8-6-13/h5-11,16,18H,4H2,1-3H3. The van der Waals surface area contributed by atoms with Crippen molar-refractivity contribution in [2.45, 2.75) is 19.9 Å². The summed E-state index contributed by atoms with van der Waals surface area (Å²) in [6, 6.07) is 10.5. The fraction of sp³-hybridized carbons (Fsp3) is 0.312. The number of nitrogens with zero attached hydrogens (tertiary/aromatic N) is 1. The van der Waals surface area contributed by atoms with Crippen LogP contribution in [0.15, 0.2) is 42.7 Å². The summed E-state index contributed by atoms with van der Waals surface area (Å²) in [7, 11) is 1.68. The Kier molecular flexibility index (Phi) is 4.53. The van der Waals surface area contributed by atoms with Crippen LogP contribution in [0.5, 0.6) is 5.75 Å². The van der Waals surface area contributed by atoms with Crippen LogP contribution >= 0.6 is 0 Å². The molecule has 100 valence electrons. The first-order valence-electron chi connectivity index (χ1n) is 6.53. The van der Waals surface area contributed by atoms with Crippen LogP contribution in [-0.2, 0) is 0 Å². The van der Waals surface area contributed by atoms with E-state index in [2.05, 4.69) is 42.3 Å². The molecular formula is C16H20N2O. The molecule has 0 amide bonds. The van der Waals surface area contributed by atoms with Gasteiger partial charge in [-0.05, 0) is 42.3 Å². The maximum atomic E-state index is 5.20. The van der Waals surface area contributed by atoms with Crippen molar-refractivity contribution in [3.05, 3.63) is 59.4 Å². The summed E-state index contributed by atoms with van der Waals surface area (Å²) in [6.45, 7) is 5.08. The molecule has 1 atom stereocenters. The minimum atomic E-state index is 0.170. The first-order valence-corrected chi connectivity index (χ1v) is 6.53. The van der Waals surface area contributed by atoms with Crippen molar-refractivity contribution in [2.75, 3.05) is 13.7 Å². The third-order valence-electron chi connectivity index (χ3n) is 3.09. The molecule has 0 saturated heterocycles. The van der Waals surface area contributed by atoms with E-state index < -0.39 is 0 Å². The van der Waals surface area contributed by atoms with Crippen molar-refractivity contribution < 1.29 is 4.74 Å². The Morgan fingerprint density at radius 2 is 1.89 bits per heavy atom. The Hall–Kier alpha value is -1.87. The van der Waals surface area contributed by atoms with Gasteiger partial charge in [0.2, 0.25) is 0 Å². The molecule has 0 radical (unpaired) electrons. The van der Waals surface area contributed by atoms with E-state index in [1.165, 1.54) is 16.7 Å². The molecule has 2 rings (SSSR count). The van der Waals surface area contributed by atoms with E-state index in [1.54, 1.807) is 7.11 Å². The molecule has 0 aliphatic heterocycles. The lowest BCUT2D eigenvalue weighted by molar-refractivity contribution is 0.414. The largest absolute Gasteiger partial charge is 0.497 e. The Morgan fingerprint density at radius 1 is 1.16 bits per heavy atom. The first kappa shape index (κ1) is 13.6. The zero-order valence-corrected chi connectivity index (χ0v) is 11.7. The predicted molar refractivity (Wildman–Crippen MR) is 77.5 cm³/mol. The summed E-state index contributed by atoms with van der Waals surface area (Å²) in [5.41, 5.74) is 3.58. The van der Waals surface area contributed by atoms with E-state index in [4.69, 9.17) is 4.74 Å². The quantitative estimate of drug-likeness (QED) is 0.892. The number of aryl methyl sites for hydroxylation is 1. The molecule has 1 aromatic heterocycles. The Bertz CT molecular complexity index is 523. The second-order valence-electron chi connectivity index (χ2n) is 4.56. The van der Waals surface area contributed by atoms with Gasteiger partial charge in [-0.15, -0.1) is 0 Å². The lowest BCUT2D eigenvalue weighted by Crippen LogP contribution is -2.22. The average Bonchev–Trinajstić information content (AvgIpc) is 2.45. The second kappa shape index (κ2) is 6.34. The van der Waals surface area contributed by atoms with E-state index in [0.717, 1.165) is 12.3 Å². The maximum Gasteiger partial charge on any atom is 0.118 e. The van der Waals surface area contributed by atoms with E-state index >= 15 is 0 Å². The van der Waals surface area contributed by atoms with E-state index in [1.807, 2.05) is 24.5 Å². The van der Waals surface area contributed by atoms with Gasteiger partial charge in [0.1, 0.15) is 5.75 Å². The van der Waals surface area contributed by atoms with Gasteiger partial charge in [0, 0.05) is 12.4 Å². The molecule has 0 aliphatic carbocycles. The highest BCUT2D eigenvalue weighted by Gasteiger charge is 2.13. The van der Waals surface area contributed by atoms with Crippen molar-refractivity contribution >= 4 is 0 Å². The van der Waals surface area contributed by atoms with Crippen LogP contribution in [0.3, 0.4) is 0 Å². The lowest BCUT2D eigenvalue weighted by atomic mass is 9.99. The van der Waals surface area contributed by atoms with E-state index in [9.17, 15) is 0 Å². The Balaban J connectivity index is 2.33. The number of nitrogens with one attached hydrogen (secondary N) is 1. The molecule has 1 heterocycles. The highest BCUT2D eigenvalue weighted by Crippen LogP contribution is 2.24. The zero-order chi connectivity index (χ0) is 13.7. The van der Waals surface area contributed by atoms with E-state index in [-0.39, 0.29) is 6.04 Å². The van der Waals surface area contributed by atoms with Gasteiger partial charge in [-0.1, -0.05) is 25.1 Å². The molecule has 1 unspecified atom stereocenters. The predicted octanol–water partition coefficient (Wildman–Crippen LogP) is 3.10. The number of benzene rings is 1. The summed E-state index contributed by atoms with van der Waals surface area (Å²) >= 11 is 0. The molecule has 1 aromatic carbocycles. The topological polar surface area (TPSA) is 34.1 Å². The molecule has 3 nitrogen and oxygen atoms in total. The smallest absolute Gasteiger partial charge is 0.118 e. The summed E-state index contributed by atoms with van der Waals surface area (Å²) in [6.07, 6.45) is 3.80. The van der Waals surface area contributed by atoms with Gasteiger partial charge >= 0.3 is 0 Å². The van der Waals surface area contributed by atoms with E-state index in [0.29, 0.717) is 0 Å². The SMILES string of the molecule is CCNC(c1ccc(OC)cc1)c1cncc(C)c1. The van der Waals surface area contributed by atoms with Gasteiger partial charge in [-0.25, -0.2) is 0 Å². The van der Waals surface area contributed by atoms with Crippen LogP contribution in [0.2, 0.25) is 0 Å². The number of pyridine rings is 1. The van der Waals surface area contributed by atoms with Gasteiger partial charge in [0.05, 0.1) is 13.2 Å². The Morgan fingerprint density at radius 3 is 2.47 bits per heavy atom. The summed E-state index contributed by atoms with van der Waals surface area (Å²) in [5.74, 6) is 0.876. The molecule has 0 aliphatic rings. The monoisotopic (exact) mass is 256 g/mol. The molecular weight excluding hydrogens is 236 g/mol. The van der Waals surface area contributed by atoms with Crippen molar-refractivity contribution in [3.8, 4) is 5.75 Å². The van der Waals surface area contributed by atoms with Crippen molar-refractivity contribution in [1.29, 1.82) is 0 Å². The van der Waals surface area contributed by atoms with Gasteiger partial charge in [0.15, 0.2) is 0 Å². The normalized spacial score (nSPS) is 12.2. The summed E-state index contributed by atoms with van der Waals surface area (Å²) in [4.78, 5) is 4.28. The molecule has 2 aromatic rings. The number of ether oxygens (including phenoxy) is 1. The molecule has 0 saturated carbocycles. The maximum absolute atomic E-state index is 5.20. The minimum absolute atomic E-state index is 0.170. The van der Waals surface area contributed by atoms with Crippen LogP contribution in [0.25, 0.3) is 0 Å². The van der Waals surface area contributed by atoms with Crippen LogP contribution in [0, 0.1) is 6.92 Å². The first-order chi connectivity index (χ1) is 9.24. The fourth-order valence-corrected chi connectivity index (χ4v) is 2.16. The van der Waals surface area contributed by atoms with Crippen LogP contribution in [0.1, 0.15) is 29.7 Å². The molecule has 1 N–H and O–H groups in total. The third kappa shape index (κ3) is 3.32. The number of rotatable bonds is 5. The second-order valence-corrected chi connectivity index (χ2v) is 4.56. The van der Waals surface area contributed by atoms with Gasteiger partial charge in [0.25, 0.3) is 0 Å². The highest BCUT2D eigenvalue weighted by atomic mass is 16.5. The number of hydrogen-bond acceptors (Lipinski definition) is 3. The lowest BCUT2D eigenvalue weighted by Gasteiger charge is -2.19. The molecule has 0 spiro atoms. The van der Waals surface area contributed by atoms with Crippen LogP contribution in [0.4, 0.5) is 0 Å². The van der Waals surface area contributed by atoms with Crippen molar-refractivity contribution in [3.63, 3.8) is 0 Å². The number of hydrogen-bond donors (Lipinski definition) is 1. The highest BCUT2D eigenvalue weighted by molar-refractivity contribution is 5.35. The van der Waals surface area contributed by atoms with Crippen molar-refractivity contribution in [1.82, 2.24) is 10.3 Å². The molecule has 0 bridgehead atoms. The fourth-order valence-electron chi connectivity index (χ4n) is 2.16. The number of methoxy groups -OCH3 is 1. The Labute approximate surface area is 114 Å². The average molecular weight is 256 g/mol. The van der Waals surface area contributed by atoms with Gasteiger partial charge in [-0.2, -0.15) is 0 Å². The number of aromatic nitrogens is 1. The molecule has 0 fully saturated rings. The summed E-state index contributed by atoms with van der Waals surface area (Å²) < 4.78 is 5.20. The van der Waals surface area contributed by atoms with Crippen LogP contribution in [-0.4, -0.2) is 18.6 Å². The van der Waals surface area contributed by atoms with Crippen LogP contribution < -0.4 is 10.1 Å². The third-order valence-corrected chi connectivity index (χ3v) is 3.09.